The Kier molecular flexibility index (Phi) is 6.55. The van der Waals surface area contributed by atoms with Gasteiger partial charge in [-0.05, 0) is 64.3 Å². The Bertz CT molecular complexity index is 1270. The number of aromatic nitrogens is 6. The molecule has 0 spiro atoms. The summed E-state index contributed by atoms with van der Waals surface area (Å²) in [4.78, 5) is 6.44. The molecule has 0 aliphatic heterocycles. The Morgan fingerprint density at radius 1 is 1.11 bits per heavy atom. The molecule has 2 heterocycles. The summed E-state index contributed by atoms with van der Waals surface area (Å²) in [6, 6.07) is 11.9. The van der Waals surface area contributed by atoms with Crippen LogP contribution in [0.25, 0.3) is 11.5 Å². The molecular formula is C24H26FN7O3. The summed E-state index contributed by atoms with van der Waals surface area (Å²) in [5, 5.41) is 26.4. The molecule has 0 radical (unpaired) electrons. The van der Waals surface area contributed by atoms with Crippen molar-refractivity contribution in [1.29, 1.82) is 0 Å². The second-order valence-corrected chi connectivity index (χ2v) is 8.60. The third-order valence-electron chi connectivity index (χ3n) is 6.24. The number of phenols is 1. The quantitative estimate of drug-likeness (QED) is 0.395. The summed E-state index contributed by atoms with van der Waals surface area (Å²) in [5.41, 5.74) is 1.42. The Morgan fingerprint density at radius 2 is 1.91 bits per heavy atom. The SMILES string of the molecule is COc1ccc(CN(Cc2nnnn2C2CCCCC2)c2noc(-c3ccc(F)c(O)c3)n2)cc1. The smallest absolute Gasteiger partial charge is 0.267 e. The second-order valence-electron chi connectivity index (χ2n) is 8.60. The number of hydrogen-bond donors (Lipinski definition) is 1. The largest absolute Gasteiger partial charge is 0.505 e. The molecule has 1 N–H and O–H groups in total. The number of phenolic OH excluding ortho intramolecular Hbond substituents is 1. The fraction of sp³-hybridized carbons (Fsp3) is 0.375. The normalized spacial score (nSPS) is 14.2. The van der Waals surface area contributed by atoms with Crippen LogP contribution in [0.15, 0.2) is 47.0 Å². The van der Waals surface area contributed by atoms with E-state index in [0.29, 0.717) is 24.6 Å². The van der Waals surface area contributed by atoms with Crippen molar-refractivity contribution in [1.82, 2.24) is 30.3 Å². The van der Waals surface area contributed by atoms with Gasteiger partial charge in [0.25, 0.3) is 11.8 Å². The molecule has 2 aromatic heterocycles. The molecule has 10 nitrogen and oxygen atoms in total. The number of aromatic hydroxyl groups is 1. The molecule has 4 aromatic rings. The maximum absolute atomic E-state index is 13.5. The lowest BCUT2D eigenvalue weighted by molar-refractivity contribution is 0.316. The van der Waals surface area contributed by atoms with E-state index in [9.17, 15) is 9.50 Å². The molecule has 1 fully saturated rings. The molecule has 2 aromatic carbocycles. The molecule has 11 heteroatoms. The van der Waals surface area contributed by atoms with E-state index in [1.807, 2.05) is 33.8 Å². The summed E-state index contributed by atoms with van der Waals surface area (Å²) >= 11 is 0. The van der Waals surface area contributed by atoms with E-state index in [0.717, 1.165) is 48.9 Å². The molecule has 5 rings (SSSR count). The first-order valence-corrected chi connectivity index (χ1v) is 11.6. The summed E-state index contributed by atoms with van der Waals surface area (Å²) in [6.45, 7) is 0.832. The number of hydrogen-bond acceptors (Lipinski definition) is 9. The lowest BCUT2D eigenvalue weighted by Crippen LogP contribution is -2.27. The van der Waals surface area contributed by atoms with Crippen LogP contribution in [0.5, 0.6) is 11.5 Å². The number of methoxy groups -OCH3 is 1. The van der Waals surface area contributed by atoms with Crippen LogP contribution in [0.2, 0.25) is 0 Å². The van der Waals surface area contributed by atoms with E-state index in [1.165, 1.54) is 18.6 Å². The van der Waals surface area contributed by atoms with Crippen molar-refractivity contribution in [2.45, 2.75) is 51.2 Å². The molecule has 0 bridgehead atoms. The Balaban J connectivity index is 1.44. The molecule has 0 atom stereocenters. The van der Waals surface area contributed by atoms with Crippen LogP contribution in [0.4, 0.5) is 10.3 Å². The number of anilines is 1. The van der Waals surface area contributed by atoms with Crippen molar-refractivity contribution < 1.29 is 18.8 Å². The number of benzene rings is 2. The zero-order valence-electron chi connectivity index (χ0n) is 19.3. The number of tetrazole rings is 1. The monoisotopic (exact) mass is 479 g/mol. The van der Waals surface area contributed by atoms with Gasteiger partial charge in [-0.2, -0.15) is 4.98 Å². The van der Waals surface area contributed by atoms with Crippen LogP contribution in [-0.2, 0) is 13.1 Å². The highest BCUT2D eigenvalue weighted by atomic mass is 19.1. The summed E-state index contributed by atoms with van der Waals surface area (Å²) < 4.78 is 26.1. The van der Waals surface area contributed by atoms with Gasteiger partial charge in [-0.15, -0.1) is 5.10 Å². The maximum atomic E-state index is 13.5. The third-order valence-corrected chi connectivity index (χ3v) is 6.24. The first-order chi connectivity index (χ1) is 17.1. The minimum Gasteiger partial charge on any atom is -0.505 e. The highest BCUT2D eigenvalue weighted by molar-refractivity contribution is 5.57. The minimum atomic E-state index is -0.718. The van der Waals surface area contributed by atoms with E-state index in [2.05, 4.69) is 25.7 Å². The van der Waals surface area contributed by atoms with Gasteiger partial charge in [0.1, 0.15) is 5.75 Å². The van der Waals surface area contributed by atoms with Crippen molar-refractivity contribution in [3.8, 4) is 23.0 Å². The van der Waals surface area contributed by atoms with Crippen LogP contribution in [-0.4, -0.2) is 42.6 Å². The first-order valence-electron chi connectivity index (χ1n) is 11.6. The van der Waals surface area contributed by atoms with Crippen LogP contribution >= 0.6 is 0 Å². The van der Waals surface area contributed by atoms with Gasteiger partial charge in [-0.1, -0.05) is 31.4 Å². The van der Waals surface area contributed by atoms with Gasteiger partial charge >= 0.3 is 0 Å². The van der Waals surface area contributed by atoms with Crippen molar-refractivity contribution in [3.05, 3.63) is 59.7 Å². The zero-order valence-corrected chi connectivity index (χ0v) is 19.3. The molecule has 0 unspecified atom stereocenters. The van der Waals surface area contributed by atoms with Gasteiger partial charge in [0.15, 0.2) is 17.4 Å². The molecule has 35 heavy (non-hydrogen) atoms. The van der Waals surface area contributed by atoms with Gasteiger partial charge < -0.3 is 19.3 Å². The Morgan fingerprint density at radius 3 is 2.66 bits per heavy atom. The number of halogens is 1. The van der Waals surface area contributed by atoms with Crippen molar-refractivity contribution in [2.75, 3.05) is 12.0 Å². The Hall–Kier alpha value is -4.02. The number of ether oxygens (including phenoxy) is 1. The molecule has 1 aliphatic rings. The fourth-order valence-electron chi connectivity index (χ4n) is 4.35. The van der Waals surface area contributed by atoms with Crippen LogP contribution in [0.1, 0.15) is 49.5 Å². The van der Waals surface area contributed by atoms with Crippen LogP contribution in [0, 0.1) is 5.82 Å². The van der Waals surface area contributed by atoms with Gasteiger partial charge in [0.2, 0.25) is 0 Å². The number of nitrogens with zero attached hydrogens (tertiary/aromatic N) is 7. The zero-order chi connectivity index (χ0) is 24.2. The van der Waals surface area contributed by atoms with Gasteiger partial charge in [-0.25, -0.2) is 9.07 Å². The number of rotatable bonds is 8. The van der Waals surface area contributed by atoms with E-state index in [-0.39, 0.29) is 11.9 Å². The first kappa shape index (κ1) is 22.8. The van der Waals surface area contributed by atoms with E-state index >= 15 is 0 Å². The fourth-order valence-corrected chi connectivity index (χ4v) is 4.35. The predicted octanol–water partition coefficient (Wildman–Crippen LogP) is 4.29. The van der Waals surface area contributed by atoms with E-state index in [1.54, 1.807) is 7.11 Å². The molecule has 182 valence electrons. The van der Waals surface area contributed by atoms with Gasteiger partial charge in [0, 0.05) is 12.1 Å². The van der Waals surface area contributed by atoms with Crippen LogP contribution in [0.3, 0.4) is 0 Å². The second kappa shape index (κ2) is 10.1. The van der Waals surface area contributed by atoms with Gasteiger partial charge in [0.05, 0.1) is 19.7 Å². The molecule has 1 aliphatic carbocycles. The standard InChI is InChI=1S/C24H26FN7O3/c1-34-19-10-7-16(8-11-19)14-31(15-22-27-29-30-32(22)18-5-3-2-4-6-18)24-26-23(35-28-24)17-9-12-20(25)21(33)13-17/h7-13,18,33H,2-6,14-15H2,1H3. The lowest BCUT2D eigenvalue weighted by atomic mass is 9.95. The molecule has 0 saturated heterocycles. The molecular weight excluding hydrogens is 453 g/mol. The van der Waals surface area contributed by atoms with E-state index < -0.39 is 11.6 Å². The molecule has 1 saturated carbocycles. The van der Waals surface area contributed by atoms with E-state index in [4.69, 9.17) is 9.26 Å². The maximum Gasteiger partial charge on any atom is 0.267 e. The van der Waals surface area contributed by atoms with Crippen molar-refractivity contribution in [3.63, 3.8) is 0 Å². The topological polar surface area (TPSA) is 115 Å². The summed E-state index contributed by atoms with van der Waals surface area (Å²) in [5.74, 6) is 0.781. The minimum absolute atomic E-state index is 0.168. The van der Waals surface area contributed by atoms with Crippen LogP contribution < -0.4 is 9.64 Å². The third kappa shape index (κ3) is 5.08. The van der Waals surface area contributed by atoms with Crippen molar-refractivity contribution >= 4 is 5.95 Å². The Labute approximate surface area is 201 Å². The molecule has 0 amide bonds. The highest BCUT2D eigenvalue weighted by Crippen LogP contribution is 2.30. The van der Waals surface area contributed by atoms with Crippen molar-refractivity contribution in [2.24, 2.45) is 0 Å². The summed E-state index contributed by atoms with van der Waals surface area (Å²) in [6.07, 6.45) is 5.67. The summed E-state index contributed by atoms with van der Waals surface area (Å²) in [7, 11) is 1.63. The lowest BCUT2D eigenvalue weighted by Gasteiger charge is -2.24. The van der Waals surface area contributed by atoms with Gasteiger partial charge in [-0.3, -0.25) is 0 Å². The predicted molar refractivity (Wildman–Crippen MR) is 124 cm³/mol. The average Bonchev–Trinajstić information content (AvgIpc) is 3.56. The highest BCUT2D eigenvalue weighted by Gasteiger charge is 2.24. The average molecular weight is 480 g/mol.